The standard InChI is InChI=1S/C13H21ClN2/c1-3-5-8-11(7-4-2)16-13-12(14)9-6-10-15-13/h6,9-11H,3-5,7-8H2,1-2H3,(H,15,16). The van der Waals surface area contributed by atoms with Gasteiger partial charge in [-0.2, -0.15) is 0 Å². The molecule has 1 atom stereocenters. The monoisotopic (exact) mass is 240 g/mol. The van der Waals surface area contributed by atoms with Crippen molar-refractivity contribution < 1.29 is 0 Å². The highest BCUT2D eigenvalue weighted by atomic mass is 35.5. The molecule has 1 rings (SSSR count). The Morgan fingerprint density at radius 2 is 2.12 bits per heavy atom. The van der Waals surface area contributed by atoms with E-state index in [0.717, 1.165) is 5.82 Å². The molecule has 0 aromatic carbocycles. The van der Waals surface area contributed by atoms with E-state index >= 15 is 0 Å². The van der Waals surface area contributed by atoms with Crippen molar-refractivity contribution in [1.29, 1.82) is 0 Å². The smallest absolute Gasteiger partial charge is 0.144 e. The second-order valence-corrected chi connectivity index (χ2v) is 4.51. The Hall–Kier alpha value is -0.760. The maximum absolute atomic E-state index is 6.08. The number of nitrogens with one attached hydrogen (secondary N) is 1. The second-order valence-electron chi connectivity index (χ2n) is 4.11. The van der Waals surface area contributed by atoms with Crippen LogP contribution in [0.2, 0.25) is 5.02 Å². The summed E-state index contributed by atoms with van der Waals surface area (Å²) in [7, 11) is 0. The van der Waals surface area contributed by atoms with Crippen molar-refractivity contribution in [2.24, 2.45) is 0 Å². The molecule has 0 aliphatic carbocycles. The van der Waals surface area contributed by atoms with Crippen LogP contribution in [0.15, 0.2) is 18.3 Å². The molecule has 0 bridgehead atoms. The molecular weight excluding hydrogens is 220 g/mol. The van der Waals surface area contributed by atoms with Gasteiger partial charge in [0.2, 0.25) is 0 Å². The largest absolute Gasteiger partial charge is 0.366 e. The van der Waals surface area contributed by atoms with E-state index in [2.05, 4.69) is 24.1 Å². The number of hydrogen-bond acceptors (Lipinski definition) is 2. The van der Waals surface area contributed by atoms with Gasteiger partial charge < -0.3 is 5.32 Å². The highest BCUT2D eigenvalue weighted by Gasteiger charge is 2.09. The van der Waals surface area contributed by atoms with Crippen LogP contribution in [0, 0.1) is 0 Å². The first-order chi connectivity index (χ1) is 7.77. The van der Waals surface area contributed by atoms with Crippen molar-refractivity contribution in [1.82, 2.24) is 4.98 Å². The molecule has 1 aromatic heterocycles. The molecular formula is C13H21ClN2. The Kier molecular flexibility index (Phi) is 6.24. The Morgan fingerprint density at radius 3 is 2.75 bits per heavy atom. The lowest BCUT2D eigenvalue weighted by Crippen LogP contribution is -2.20. The maximum atomic E-state index is 6.08. The van der Waals surface area contributed by atoms with Crippen LogP contribution in [0.1, 0.15) is 46.0 Å². The fourth-order valence-electron chi connectivity index (χ4n) is 1.77. The van der Waals surface area contributed by atoms with Crippen molar-refractivity contribution in [3.63, 3.8) is 0 Å². The van der Waals surface area contributed by atoms with E-state index in [1.165, 1.54) is 32.1 Å². The molecule has 2 nitrogen and oxygen atoms in total. The number of nitrogens with zero attached hydrogens (tertiary/aromatic N) is 1. The summed E-state index contributed by atoms with van der Waals surface area (Å²) < 4.78 is 0. The van der Waals surface area contributed by atoms with Crippen LogP contribution < -0.4 is 5.32 Å². The van der Waals surface area contributed by atoms with Crippen LogP contribution in [-0.4, -0.2) is 11.0 Å². The van der Waals surface area contributed by atoms with E-state index in [1.54, 1.807) is 6.20 Å². The molecule has 90 valence electrons. The first kappa shape index (κ1) is 13.3. The van der Waals surface area contributed by atoms with Crippen LogP contribution in [-0.2, 0) is 0 Å². The van der Waals surface area contributed by atoms with Crippen LogP contribution in [0.3, 0.4) is 0 Å². The van der Waals surface area contributed by atoms with Gasteiger partial charge in [0, 0.05) is 12.2 Å². The van der Waals surface area contributed by atoms with Crippen LogP contribution >= 0.6 is 11.6 Å². The zero-order valence-electron chi connectivity index (χ0n) is 10.2. The van der Waals surface area contributed by atoms with Gasteiger partial charge in [0.1, 0.15) is 5.82 Å². The SMILES string of the molecule is CCCCC(CCC)Nc1ncccc1Cl. The van der Waals surface area contributed by atoms with E-state index in [0.29, 0.717) is 11.1 Å². The van der Waals surface area contributed by atoms with Gasteiger partial charge in [-0.15, -0.1) is 0 Å². The van der Waals surface area contributed by atoms with Crippen molar-refractivity contribution in [3.05, 3.63) is 23.4 Å². The predicted molar refractivity (Wildman–Crippen MR) is 71.1 cm³/mol. The number of unbranched alkanes of at least 4 members (excludes halogenated alkanes) is 1. The molecule has 0 aliphatic heterocycles. The Labute approximate surface area is 103 Å². The molecule has 0 amide bonds. The van der Waals surface area contributed by atoms with Crippen molar-refractivity contribution in [3.8, 4) is 0 Å². The van der Waals surface area contributed by atoms with Gasteiger partial charge >= 0.3 is 0 Å². The Bertz CT molecular complexity index is 302. The first-order valence-electron chi connectivity index (χ1n) is 6.15. The third kappa shape index (κ3) is 4.40. The summed E-state index contributed by atoms with van der Waals surface area (Å²) in [6.45, 7) is 4.43. The van der Waals surface area contributed by atoms with Gasteiger partial charge in [0.15, 0.2) is 0 Å². The highest BCUT2D eigenvalue weighted by Crippen LogP contribution is 2.20. The molecule has 0 spiro atoms. The summed E-state index contributed by atoms with van der Waals surface area (Å²) in [4.78, 5) is 4.27. The van der Waals surface area contributed by atoms with Gasteiger partial charge in [-0.25, -0.2) is 4.98 Å². The summed E-state index contributed by atoms with van der Waals surface area (Å²) >= 11 is 6.08. The Balaban J connectivity index is 2.56. The summed E-state index contributed by atoms with van der Waals surface area (Å²) in [6, 6.07) is 4.23. The summed E-state index contributed by atoms with van der Waals surface area (Å²) in [5.41, 5.74) is 0. The average Bonchev–Trinajstić information content (AvgIpc) is 2.29. The highest BCUT2D eigenvalue weighted by molar-refractivity contribution is 6.32. The zero-order valence-corrected chi connectivity index (χ0v) is 10.9. The summed E-state index contributed by atoms with van der Waals surface area (Å²) in [5.74, 6) is 0.818. The zero-order chi connectivity index (χ0) is 11.8. The first-order valence-corrected chi connectivity index (χ1v) is 6.52. The Morgan fingerprint density at radius 1 is 1.31 bits per heavy atom. The molecule has 1 heterocycles. The van der Waals surface area contributed by atoms with Crippen LogP contribution in [0.25, 0.3) is 0 Å². The van der Waals surface area contributed by atoms with E-state index in [-0.39, 0.29) is 0 Å². The number of pyridine rings is 1. The number of halogens is 1. The number of aromatic nitrogens is 1. The van der Waals surface area contributed by atoms with E-state index in [9.17, 15) is 0 Å². The minimum Gasteiger partial charge on any atom is -0.366 e. The van der Waals surface area contributed by atoms with Crippen LogP contribution in [0.5, 0.6) is 0 Å². The fraction of sp³-hybridized carbons (Fsp3) is 0.615. The van der Waals surface area contributed by atoms with Crippen LogP contribution in [0.4, 0.5) is 5.82 Å². The lowest BCUT2D eigenvalue weighted by molar-refractivity contribution is 0.563. The second kappa shape index (κ2) is 7.50. The minimum atomic E-state index is 0.498. The van der Waals surface area contributed by atoms with Crippen molar-refractivity contribution >= 4 is 17.4 Å². The predicted octanol–water partition coefficient (Wildman–Crippen LogP) is 4.51. The molecule has 3 heteroatoms. The lowest BCUT2D eigenvalue weighted by atomic mass is 10.1. The quantitative estimate of drug-likeness (QED) is 0.759. The summed E-state index contributed by atoms with van der Waals surface area (Å²) in [6.07, 6.45) is 7.81. The van der Waals surface area contributed by atoms with E-state index in [4.69, 9.17) is 11.6 Å². The normalized spacial score (nSPS) is 12.4. The van der Waals surface area contributed by atoms with Gasteiger partial charge in [-0.1, -0.05) is 44.7 Å². The van der Waals surface area contributed by atoms with Gasteiger partial charge in [0.05, 0.1) is 5.02 Å². The number of rotatable bonds is 7. The van der Waals surface area contributed by atoms with Gasteiger partial charge in [-0.05, 0) is 25.0 Å². The van der Waals surface area contributed by atoms with Crippen molar-refractivity contribution in [2.75, 3.05) is 5.32 Å². The third-order valence-electron chi connectivity index (χ3n) is 2.64. The molecule has 0 saturated heterocycles. The van der Waals surface area contributed by atoms with E-state index in [1.807, 2.05) is 12.1 Å². The molecule has 0 aliphatic rings. The molecule has 0 saturated carbocycles. The average molecular weight is 241 g/mol. The molecule has 0 radical (unpaired) electrons. The molecule has 1 aromatic rings. The topological polar surface area (TPSA) is 24.9 Å². The third-order valence-corrected chi connectivity index (χ3v) is 2.95. The number of anilines is 1. The van der Waals surface area contributed by atoms with Gasteiger partial charge in [0.25, 0.3) is 0 Å². The fourth-order valence-corrected chi connectivity index (χ4v) is 1.95. The summed E-state index contributed by atoms with van der Waals surface area (Å²) in [5, 5.41) is 4.15. The maximum Gasteiger partial charge on any atom is 0.144 e. The minimum absolute atomic E-state index is 0.498. The van der Waals surface area contributed by atoms with Gasteiger partial charge in [-0.3, -0.25) is 0 Å². The van der Waals surface area contributed by atoms with Crippen molar-refractivity contribution in [2.45, 2.75) is 52.0 Å². The molecule has 0 fully saturated rings. The lowest BCUT2D eigenvalue weighted by Gasteiger charge is -2.19. The molecule has 1 unspecified atom stereocenters. The molecule has 1 N–H and O–H groups in total. The van der Waals surface area contributed by atoms with E-state index < -0.39 is 0 Å². The number of hydrogen-bond donors (Lipinski definition) is 1. The molecule has 16 heavy (non-hydrogen) atoms.